The lowest BCUT2D eigenvalue weighted by Gasteiger charge is -2.18. The summed E-state index contributed by atoms with van der Waals surface area (Å²) in [6.07, 6.45) is -0.966. The molecule has 4 heterocycles. The van der Waals surface area contributed by atoms with Gasteiger partial charge in [-0.1, -0.05) is 6.07 Å². The van der Waals surface area contributed by atoms with Crippen molar-refractivity contribution >= 4 is 34.4 Å². The SMILES string of the molecule is FC(F)(F)c1ncccc1CNc1nc(N2CCC(Cl)C2)nc2ncccc12. The molecule has 3 aromatic rings. The number of halogens is 4. The van der Waals surface area contributed by atoms with Gasteiger partial charge in [0.1, 0.15) is 11.5 Å². The Labute approximate surface area is 163 Å². The van der Waals surface area contributed by atoms with Gasteiger partial charge in [-0.25, -0.2) is 4.98 Å². The van der Waals surface area contributed by atoms with Crippen molar-refractivity contribution in [1.29, 1.82) is 0 Å². The minimum atomic E-state index is -4.52. The van der Waals surface area contributed by atoms with Crippen LogP contribution in [0.15, 0.2) is 36.7 Å². The number of aromatic nitrogens is 4. The molecule has 146 valence electrons. The fourth-order valence-electron chi connectivity index (χ4n) is 3.14. The zero-order valence-corrected chi connectivity index (χ0v) is 15.4. The van der Waals surface area contributed by atoms with E-state index in [4.69, 9.17) is 11.6 Å². The Kier molecular flexibility index (Phi) is 4.92. The molecule has 0 amide bonds. The zero-order chi connectivity index (χ0) is 19.7. The summed E-state index contributed by atoms with van der Waals surface area (Å²) in [7, 11) is 0. The lowest BCUT2D eigenvalue weighted by Crippen LogP contribution is -2.23. The van der Waals surface area contributed by atoms with Crippen LogP contribution >= 0.6 is 11.6 Å². The van der Waals surface area contributed by atoms with E-state index in [0.29, 0.717) is 35.9 Å². The van der Waals surface area contributed by atoms with Crippen molar-refractivity contribution in [1.82, 2.24) is 19.9 Å². The number of pyridine rings is 2. The van der Waals surface area contributed by atoms with Gasteiger partial charge in [0, 0.05) is 37.6 Å². The molecule has 0 aliphatic carbocycles. The van der Waals surface area contributed by atoms with Crippen molar-refractivity contribution in [2.75, 3.05) is 23.3 Å². The Hall–Kier alpha value is -2.68. The van der Waals surface area contributed by atoms with Crippen LogP contribution in [0.4, 0.5) is 24.9 Å². The van der Waals surface area contributed by atoms with Gasteiger partial charge in [0.15, 0.2) is 5.65 Å². The van der Waals surface area contributed by atoms with Gasteiger partial charge in [-0.05, 0) is 24.6 Å². The van der Waals surface area contributed by atoms with Gasteiger partial charge in [0.05, 0.1) is 10.8 Å². The number of rotatable bonds is 4. The van der Waals surface area contributed by atoms with Crippen LogP contribution in [0.1, 0.15) is 17.7 Å². The minimum Gasteiger partial charge on any atom is -0.365 e. The molecular formula is C18H16ClF3N6. The summed E-state index contributed by atoms with van der Waals surface area (Å²) in [5.41, 5.74) is -0.409. The normalized spacial score (nSPS) is 17.3. The van der Waals surface area contributed by atoms with Crippen LogP contribution in [0, 0.1) is 0 Å². The summed E-state index contributed by atoms with van der Waals surface area (Å²) in [4.78, 5) is 18.7. The van der Waals surface area contributed by atoms with E-state index in [1.165, 1.54) is 12.1 Å². The largest absolute Gasteiger partial charge is 0.433 e. The van der Waals surface area contributed by atoms with Crippen molar-refractivity contribution in [3.63, 3.8) is 0 Å². The summed E-state index contributed by atoms with van der Waals surface area (Å²) < 4.78 is 39.6. The van der Waals surface area contributed by atoms with Crippen LogP contribution in [-0.4, -0.2) is 38.4 Å². The average Bonchev–Trinajstić information content (AvgIpc) is 3.12. The predicted octanol–water partition coefficient (Wildman–Crippen LogP) is 3.87. The Morgan fingerprint density at radius 1 is 1.14 bits per heavy atom. The monoisotopic (exact) mass is 408 g/mol. The van der Waals surface area contributed by atoms with E-state index in [9.17, 15) is 13.2 Å². The zero-order valence-electron chi connectivity index (χ0n) is 14.6. The number of nitrogens with one attached hydrogen (secondary N) is 1. The molecule has 0 saturated carbocycles. The first-order chi connectivity index (χ1) is 13.4. The first-order valence-corrected chi connectivity index (χ1v) is 9.12. The molecule has 28 heavy (non-hydrogen) atoms. The molecule has 10 heteroatoms. The van der Waals surface area contributed by atoms with Crippen molar-refractivity contribution in [3.05, 3.63) is 47.9 Å². The quantitative estimate of drug-likeness (QED) is 0.661. The van der Waals surface area contributed by atoms with Crippen molar-refractivity contribution in [2.45, 2.75) is 24.5 Å². The number of hydrogen-bond donors (Lipinski definition) is 1. The van der Waals surface area contributed by atoms with Gasteiger partial charge in [0.2, 0.25) is 5.95 Å². The maximum Gasteiger partial charge on any atom is 0.433 e. The van der Waals surface area contributed by atoms with E-state index >= 15 is 0 Å². The maximum atomic E-state index is 13.2. The number of hydrogen-bond acceptors (Lipinski definition) is 6. The van der Waals surface area contributed by atoms with E-state index in [-0.39, 0.29) is 17.5 Å². The average molecular weight is 409 g/mol. The summed E-state index contributed by atoms with van der Waals surface area (Å²) in [5.74, 6) is 0.877. The summed E-state index contributed by atoms with van der Waals surface area (Å²) in [6.45, 7) is 1.24. The third kappa shape index (κ3) is 3.80. The standard InChI is InChI=1S/C18H16ClF3N6/c19-12-5-8-28(10-12)17-26-15-13(4-2-7-24-15)16(27-17)25-9-11-3-1-6-23-14(11)18(20,21)22/h1-4,6-7,12H,5,8-10H2,(H,24,25,26,27). The second-order valence-corrected chi connectivity index (χ2v) is 7.06. The topological polar surface area (TPSA) is 66.8 Å². The second-order valence-electron chi connectivity index (χ2n) is 6.44. The molecule has 1 N–H and O–H groups in total. The molecule has 0 bridgehead atoms. The maximum absolute atomic E-state index is 13.2. The highest BCUT2D eigenvalue weighted by Crippen LogP contribution is 2.31. The van der Waals surface area contributed by atoms with Gasteiger partial charge in [-0.3, -0.25) is 4.98 Å². The number of alkyl halides is 4. The molecule has 0 spiro atoms. The van der Waals surface area contributed by atoms with E-state index in [2.05, 4.69) is 25.3 Å². The third-order valence-corrected chi connectivity index (χ3v) is 4.84. The van der Waals surface area contributed by atoms with Crippen molar-refractivity contribution < 1.29 is 13.2 Å². The molecule has 0 aromatic carbocycles. The first kappa shape index (κ1) is 18.7. The van der Waals surface area contributed by atoms with Crippen molar-refractivity contribution in [2.24, 2.45) is 0 Å². The fourth-order valence-corrected chi connectivity index (χ4v) is 3.41. The Morgan fingerprint density at radius 3 is 2.68 bits per heavy atom. The van der Waals surface area contributed by atoms with Gasteiger partial charge in [-0.15, -0.1) is 11.6 Å². The van der Waals surface area contributed by atoms with Crippen LogP contribution in [0.3, 0.4) is 0 Å². The minimum absolute atomic E-state index is 0.0178. The van der Waals surface area contributed by atoms with Gasteiger partial charge < -0.3 is 10.2 Å². The molecule has 4 rings (SSSR count). The molecule has 1 saturated heterocycles. The van der Waals surface area contributed by atoms with Crippen molar-refractivity contribution in [3.8, 4) is 0 Å². The Balaban J connectivity index is 1.67. The first-order valence-electron chi connectivity index (χ1n) is 8.68. The number of anilines is 2. The molecule has 1 aliphatic rings. The predicted molar refractivity (Wildman–Crippen MR) is 100 cm³/mol. The van der Waals surface area contributed by atoms with E-state index < -0.39 is 11.9 Å². The molecule has 1 unspecified atom stereocenters. The van der Waals surface area contributed by atoms with Crippen LogP contribution in [0.5, 0.6) is 0 Å². The Bertz CT molecular complexity index is 996. The molecule has 0 radical (unpaired) electrons. The molecule has 1 atom stereocenters. The van der Waals surface area contributed by atoms with Gasteiger partial charge in [0.25, 0.3) is 0 Å². The highest BCUT2D eigenvalue weighted by molar-refractivity contribution is 6.21. The molecule has 1 aliphatic heterocycles. The van der Waals surface area contributed by atoms with Crippen LogP contribution in [0.25, 0.3) is 11.0 Å². The van der Waals surface area contributed by atoms with E-state index in [1.807, 2.05) is 4.90 Å². The van der Waals surface area contributed by atoms with E-state index in [1.54, 1.807) is 18.3 Å². The number of fused-ring (bicyclic) bond motifs is 1. The van der Waals surface area contributed by atoms with Gasteiger partial charge in [-0.2, -0.15) is 23.1 Å². The molecule has 3 aromatic heterocycles. The van der Waals surface area contributed by atoms with Crippen LogP contribution < -0.4 is 10.2 Å². The summed E-state index contributed by atoms with van der Waals surface area (Å²) in [6, 6.07) is 6.37. The van der Waals surface area contributed by atoms with Gasteiger partial charge >= 0.3 is 6.18 Å². The highest BCUT2D eigenvalue weighted by atomic mass is 35.5. The van der Waals surface area contributed by atoms with Crippen LogP contribution in [-0.2, 0) is 12.7 Å². The molecular weight excluding hydrogens is 393 g/mol. The lowest BCUT2D eigenvalue weighted by atomic mass is 10.2. The van der Waals surface area contributed by atoms with Crippen LogP contribution in [0.2, 0.25) is 0 Å². The van der Waals surface area contributed by atoms with E-state index in [0.717, 1.165) is 12.6 Å². The summed E-state index contributed by atoms with van der Waals surface area (Å²) >= 11 is 6.17. The smallest absolute Gasteiger partial charge is 0.365 e. The third-order valence-electron chi connectivity index (χ3n) is 4.48. The number of nitrogens with zero attached hydrogens (tertiary/aromatic N) is 5. The Morgan fingerprint density at radius 2 is 1.93 bits per heavy atom. The highest BCUT2D eigenvalue weighted by Gasteiger charge is 2.35. The fraction of sp³-hybridized carbons (Fsp3) is 0.333. The molecule has 6 nitrogen and oxygen atoms in total. The molecule has 1 fully saturated rings. The lowest BCUT2D eigenvalue weighted by molar-refractivity contribution is -0.141. The summed E-state index contributed by atoms with van der Waals surface area (Å²) in [5, 5.41) is 3.65. The second kappa shape index (κ2) is 7.38.